The van der Waals surface area contributed by atoms with Gasteiger partial charge in [-0.05, 0) is 23.3 Å². The summed E-state index contributed by atoms with van der Waals surface area (Å²) in [6, 6.07) is 16.7. The van der Waals surface area contributed by atoms with E-state index in [1.54, 1.807) is 12.1 Å². The number of carbonyl (C=O) groups is 3. The van der Waals surface area contributed by atoms with Crippen LogP contribution in [0.4, 0.5) is 0 Å². The Bertz CT molecular complexity index is 902. The Morgan fingerprint density at radius 1 is 0.840 bits per heavy atom. The molecule has 0 N–H and O–H groups in total. The van der Waals surface area contributed by atoms with Crippen LogP contribution in [0.2, 0.25) is 0 Å². The van der Waals surface area contributed by atoms with Crippen LogP contribution in [0.15, 0.2) is 66.4 Å². The second kappa shape index (κ2) is 6.02. The lowest BCUT2D eigenvalue weighted by atomic mass is 10.1. The lowest BCUT2D eigenvalue weighted by Crippen LogP contribution is -2.44. The first-order valence-electron chi connectivity index (χ1n) is 8.13. The molecule has 0 spiro atoms. The second-order valence-electron chi connectivity index (χ2n) is 6.11. The van der Waals surface area contributed by atoms with Crippen LogP contribution in [0.5, 0.6) is 0 Å². The summed E-state index contributed by atoms with van der Waals surface area (Å²) in [4.78, 5) is 40.4. The third-order valence-corrected chi connectivity index (χ3v) is 4.53. The number of hydrogen-bond donors (Lipinski definition) is 0. The number of hydrogen-bond acceptors (Lipinski definition) is 3. The van der Waals surface area contributed by atoms with Crippen molar-refractivity contribution in [3.8, 4) is 0 Å². The number of amides is 3. The molecular weight excluding hydrogens is 316 g/mol. The first kappa shape index (κ1) is 15.3. The van der Waals surface area contributed by atoms with Crippen LogP contribution < -0.4 is 0 Å². The van der Waals surface area contributed by atoms with E-state index in [1.807, 2.05) is 48.5 Å². The Labute approximate surface area is 145 Å². The molecule has 5 heteroatoms. The molecule has 0 atom stereocenters. The van der Waals surface area contributed by atoms with Crippen molar-refractivity contribution < 1.29 is 14.4 Å². The summed E-state index contributed by atoms with van der Waals surface area (Å²) in [5.41, 5.74) is 2.67. The SMILES string of the molecule is O=C1CC=C(N2Cc3ccccc3C2=O)C(=O)N1Cc1ccccc1. The van der Waals surface area contributed by atoms with Crippen LogP contribution in [0.25, 0.3) is 0 Å². The average Bonchev–Trinajstić information content (AvgIpc) is 2.97. The van der Waals surface area contributed by atoms with Crippen molar-refractivity contribution in [3.05, 3.63) is 83.1 Å². The molecule has 5 nitrogen and oxygen atoms in total. The zero-order valence-corrected chi connectivity index (χ0v) is 13.5. The van der Waals surface area contributed by atoms with Crippen molar-refractivity contribution in [3.63, 3.8) is 0 Å². The van der Waals surface area contributed by atoms with Gasteiger partial charge in [-0.1, -0.05) is 48.5 Å². The molecule has 4 rings (SSSR count). The molecule has 25 heavy (non-hydrogen) atoms. The van der Waals surface area contributed by atoms with Crippen molar-refractivity contribution >= 4 is 17.7 Å². The highest BCUT2D eigenvalue weighted by Gasteiger charge is 2.37. The maximum absolute atomic E-state index is 12.9. The van der Waals surface area contributed by atoms with Gasteiger partial charge in [0.2, 0.25) is 5.91 Å². The van der Waals surface area contributed by atoms with E-state index in [4.69, 9.17) is 0 Å². The summed E-state index contributed by atoms with van der Waals surface area (Å²) in [5.74, 6) is -0.854. The van der Waals surface area contributed by atoms with Gasteiger partial charge in [-0.15, -0.1) is 0 Å². The topological polar surface area (TPSA) is 57.7 Å². The van der Waals surface area contributed by atoms with Crippen LogP contribution >= 0.6 is 0 Å². The van der Waals surface area contributed by atoms with Gasteiger partial charge in [-0.3, -0.25) is 24.2 Å². The van der Waals surface area contributed by atoms with Crippen molar-refractivity contribution in [2.24, 2.45) is 0 Å². The van der Waals surface area contributed by atoms with Gasteiger partial charge >= 0.3 is 0 Å². The molecule has 0 unspecified atom stereocenters. The Hall–Kier alpha value is -3.21. The van der Waals surface area contributed by atoms with Gasteiger partial charge < -0.3 is 0 Å². The highest BCUT2D eigenvalue weighted by Crippen LogP contribution is 2.29. The van der Waals surface area contributed by atoms with Gasteiger partial charge in [0, 0.05) is 12.0 Å². The summed E-state index contributed by atoms with van der Waals surface area (Å²) in [5, 5.41) is 0. The van der Waals surface area contributed by atoms with Crippen molar-refractivity contribution in [1.29, 1.82) is 0 Å². The molecule has 0 aliphatic carbocycles. The Morgan fingerprint density at radius 3 is 2.32 bits per heavy atom. The minimum Gasteiger partial charge on any atom is -0.299 e. The summed E-state index contributed by atoms with van der Waals surface area (Å²) >= 11 is 0. The molecule has 0 saturated carbocycles. The molecular formula is C20H16N2O3. The molecule has 2 aliphatic rings. The number of nitrogens with zero attached hydrogens (tertiary/aromatic N) is 2. The highest BCUT2D eigenvalue weighted by molar-refractivity contribution is 6.11. The third-order valence-electron chi connectivity index (χ3n) is 4.53. The van der Waals surface area contributed by atoms with E-state index in [0.717, 1.165) is 11.1 Å². The lowest BCUT2D eigenvalue weighted by Gasteiger charge is -2.29. The van der Waals surface area contributed by atoms with E-state index >= 15 is 0 Å². The van der Waals surface area contributed by atoms with Crippen LogP contribution in [0, 0.1) is 0 Å². The Balaban J connectivity index is 1.60. The Kier molecular flexibility index (Phi) is 3.69. The first-order chi connectivity index (χ1) is 12.1. The van der Waals surface area contributed by atoms with E-state index in [2.05, 4.69) is 0 Å². The largest absolute Gasteiger partial charge is 0.299 e. The van der Waals surface area contributed by atoms with Gasteiger partial charge in [0.15, 0.2) is 0 Å². The van der Waals surface area contributed by atoms with Crippen LogP contribution in [0.3, 0.4) is 0 Å². The monoisotopic (exact) mass is 332 g/mol. The predicted molar refractivity (Wildman–Crippen MR) is 91.0 cm³/mol. The standard InChI is InChI=1S/C20H16N2O3/c23-18-11-10-17(20(25)22(18)12-14-6-2-1-3-7-14)21-13-15-8-4-5-9-16(15)19(21)24/h1-10H,11-13H2. The van der Waals surface area contributed by atoms with Gasteiger partial charge in [-0.2, -0.15) is 0 Å². The van der Waals surface area contributed by atoms with Gasteiger partial charge in [0.25, 0.3) is 11.8 Å². The molecule has 0 saturated heterocycles. The molecule has 0 aromatic heterocycles. The lowest BCUT2D eigenvalue weighted by molar-refractivity contribution is -0.144. The van der Waals surface area contributed by atoms with Crippen molar-refractivity contribution in [2.45, 2.75) is 19.5 Å². The normalized spacial score (nSPS) is 17.0. The molecule has 2 aromatic carbocycles. The molecule has 2 aromatic rings. The van der Waals surface area contributed by atoms with Crippen LogP contribution in [-0.2, 0) is 22.7 Å². The van der Waals surface area contributed by atoms with Crippen LogP contribution in [0.1, 0.15) is 27.9 Å². The first-order valence-corrected chi connectivity index (χ1v) is 8.13. The zero-order valence-electron chi connectivity index (χ0n) is 13.5. The fourth-order valence-corrected chi connectivity index (χ4v) is 3.23. The summed E-state index contributed by atoms with van der Waals surface area (Å²) in [6.45, 7) is 0.574. The second-order valence-corrected chi connectivity index (χ2v) is 6.11. The average molecular weight is 332 g/mol. The van der Waals surface area contributed by atoms with Crippen LogP contribution in [-0.4, -0.2) is 27.5 Å². The minimum absolute atomic E-state index is 0.119. The van der Waals surface area contributed by atoms with E-state index in [0.29, 0.717) is 12.1 Å². The van der Waals surface area contributed by atoms with E-state index in [-0.39, 0.29) is 30.5 Å². The number of carbonyl (C=O) groups excluding carboxylic acids is 3. The van der Waals surface area contributed by atoms with E-state index in [1.165, 1.54) is 9.80 Å². The molecule has 124 valence electrons. The van der Waals surface area contributed by atoms with E-state index < -0.39 is 5.91 Å². The van der Waals surface area contributed by atoms with Crippen molar-refractivity contribution in [1.82, 2.24) is 9.80 Å². The smallest absolute Gasteiger partial charge is 0.277 e. The molecule has 0 fully saturated rings. The quantitative estimate of drug-likeness (QED) is 0.812. The highest BCUT2D eigenvalue weighted by atomic mass is 16.2. The predicted octanol–water partition coefficient (Wildman–Crippen LogP) is 2.49. The summed E-state index contributed by atoms with van der Waals surface area (Å²) < 4.78 is 0. The zero-order chi connectivity index (χ0) is 17.4. The fourth-order valence-electron chi connectivity index (χ4n) is 3.23. The number of benzene rings is 2. The maximum atomic E-state index is 12.9. The number of imide groups is 1. The van der Waals surface area contributed by atoms with Gasteiger partial charge in [0.05, 0.1) is 13.1 Å². The van der Waals surface area contributed by atoms with Gasteiger partial charge in [0.1, 0.15) is 5.70 Å². The molecule has 0 bridgehead atoms. The number of rotatable bonds is 3. The van der Waals surface area contributed by atoms with Gasteiger partial charge in [-0.25, -0.2) is 0 Å². The molecule has 0 radical (unpaired) electrons. The van der Waals surface area contributed by atoms with E-state index in [9.17, 15) is 14.4 Å². The maximum Gasteiger partial charge on any atom is 0.277 e. The summed E-state index contributed by atoms with van der Waals surface area (Å²) in [6.07, 6.45) is 1.68. The third kappa shape index (κ3) is 2.63. The molecule has 3 amide bonds. The molecule has 2 heterocycles. The summed E-state index contributed by atoms with van der Waals surface area (Å²) in [7, 11) is 0. The Morgan fingerprint density at radius 2 is 1.56 bits per heavy atom. The van der Waals surface area contributed by atoms with Crippen molar-refractivity contribution in [2.75, 3.05) is 0 Å². The minimum atomic E-state index is -0.416. The molecule has 2 aliphatic heterocycles. The number of fused-ring (bicyclic) bond motifs is 1. The fraction of sp³-hybridized carbons (Fsp3) is 0.150.